The lowest BCUT2D eigenvalue weighted by atomic mass is 10.1. The molecule has 6 nitrogen and oxygen atoms in total. The maximum atomic E-state index is 12.9. The van der Waals surface area contributed by atoms with E-state index in [1.165, 1.54) is 36.6 Å². The highest BCUT2D eigenvalue weighted by molar-refractivity contribution is 7.21. The number of halogens is 2. The number of nitrogens with one attached hydrogen (secondary N) is 2. The minimum Gasteiger partial charge on any atom is -0.465 e. The summed E-state index contributed by atoms with van der Waals surface area (Å²) in [5.41, 5.74) is 1.04. The molecule has 0 fully saturated rings. The second-order valence-corrected chi connectivity index (χ2v) is 8.81. The predicted molar refractivity (Wildman–Crippen MR) is 132 cm³/mol. The Hall–Kier alpha value is -3.39. The van der Waals surface area contributed by atoms with E-state index in [4.69, 9.17) is 27.9 Å². The fourth-order valence-electron chi connectivity index (χ4n) is 3.15. The zero-order chi connectivity index (χ0) is 23.5. The van der Waals surface area contributed by atoms with Gasteiger partial charge in [-0.2, -0.15) is 0 Å². The average molecular weight is 499 g/mol. The van der Waals surface area contributed by atoms with Gasteiger partial charge in [-0.3, -0.25) is 9.59 Å². The van der Waals surface area contributed by atoms with Gasteiger partial charge in [0.2, 0.25) is 0 Å². The monoisotopic (exact) mass is 498 g/mol. The summed E-state index contributed by atoms with van der Waals surface area (Å²) in [5.74, 6) is -1.57. The van der Waals surface area contributed by atoms with Gasteiger partial charge in [0.15, 0.2) is 0 Å². The first-order chi connectivity index (χ1) is 15.9. The van der Waals surface area contributed by atoms with Crippen LogP contribution < -0.4 is 10.6 Å². The summed E-state index contributed by atoms with van der Waals surface area (Å²) in [6.45, 7) is 0. The van der Waals surface area contributed by atoms with Crippen molar-refractivity contribution in [2.24, 2.45) is 0 Å². The Morgan fingerprint density at radius 2 is 1.48 bits per heavy atom. The Morgan fingerprint density at radius 3 is 2.18 bits per heavy atom. The molecule has 33 heavy (non-hydrogen) atoms. The van der Waals surface area contributed by atoms with Crippen molar-refractivity contribution in [3.8, 4) is 0 Å². The van der Waals surface area contributed by atoms with Crippen LogP contribution in [-0.4, -0.2) is 24.9 Å². The van der Waals surface area contributed by atoms with E-state index in [0.29, 0.717) is 20.6 Å². The van der Waals surface area contributed by atoms with Gasteiger partial charge in [-0.1, -0.05) is 41.4 Å². The van der Waals surface area contributed by atoms with E-state index in [9.17, 15) is 14.4 Å². The number of anilines is 2. The SMILES string of the molecule is COC(=O)c1cc(NC(=O)c2sc3ccccc3c2Cl)cc(C(=O)Nc2ccc(Cl)cc2)c1. The molecule has 0 saturated carbocycles. The smallest absolute Gasteiger partial charge is 0.337 e. The molecule has 166 valence electrons. The van der Waals surface area contributed by atoms with Gasteiger partial charge in [-0.05, 0) is 48.5 Å². The lowest BCUT2D eigenvalue weighted by Crippen LogP contribution is -2.16. The quantitative estimate of drug-likeness (QED) is 0.307. The fourth-order valence-corrected chi connectivity index (χ4v) is 4.69. The van der Waals surface area contributed by atoms with E-state index in [1.807, 2.05) is 24.3 Å². The molecule has 0 unspecified atom stereocenters. The highest BCUT2D eigenvalue weighted by Crippen LogP contribution is 2.35. The van der Waals surface area contributed by atoms with Crippen molar-refractivity contribution in [2.45, 2.75) is 0 Å². The van der Waals surface area contributed by atoms with Crippen molar-refractivity contribution in [1.82, 2.24) is 0 Å². The summed E-state index contributed by atoms with van der Waals surface area (Å²) in [6, 6.07) is 18.3. The van der Waals surface area contributed by atoms with Crippen molar-refractivity contribution in [3.63, 3.8) is 0 Å². The highest BCUT2D eigenvalue weighted by atomic mass is 35.5. The summed E-state index contributed by atoms with van der Waals surface area (Å²) >= 11 is 13.5. The maximum absolute atomic E-state index is 12.9. The molecule has 0 bridgehead atoms. The van der Waals surface area contributed by atoms with Crippen molar-refractivity contribution >= 4 is 73.8 Å². The third-order valence-electron chi connectivity index (χ3n) is 4.72. The highest BCUT2D eigenvalue weighted by Gasteiger charge is 2.19. The Balaban J connectivity index is 1.64. The molecule has 0 radical (unpaired) electrons. The molecule has 2 N–H and O–H groups in total. The number of ether oxygens (including phenoxy) is 1. The molecule has 3 aromatic carbocycles. The number of amides is 2. The molecule has 4 aromatic rings. The average Bonchev–Trinajstić information content (AvgIpc) is 3.16. The van der Waals surface area contributed by atoms with Gasteiger partial charge >= 0.3 is 5.97 Å². The number of hydrogen-bond acceptors (Lipinski definition) is 5. The Morgan fingerprint density at radius 1 is 0.818 bits per heavy atom. The first-order valence-corrected chi connectivity index (χ1v) is 11.2. The van der Waals surface area contributed by atoms with Gasteiger partial charge < -0.3 is 15.4 Å². The summed E-state index contributed by atoms with van der Waals surface area (Å²) in [4.78, 5) is 38.2. The van der Waals surface area contributed by atoms with Gasteiger partial charge in [-0.15, -0.1) is 11.3 Å². The number of thiophene rings is 1. The van der Waals surface area contributed by atoms with Crippen LogP contribution in [0, 0.1) is 0 Å². The first kappa shape index (κ1) is 22.8. The molecule has 0 aliphatic heterocycles. The molecule has 2 amide bonds. The predicted octanol–water partition coefficient (Wildman–Crippen LogP) is 6.50. The molecule has 1 heterocycles. The molecule has 1 aromatic heterocycles. The lowest BCUT2D eigenvalue weighted by molar-refractivity contribution is 0.0600. The van der Waals surface area contributed by atoms with Gasteiger partial charge in [0.25, 0.3) is 11.8 Å². The minimum absolute atomic E-state index is 0.110. The molecular weight excluding hydrogens is 483 g/mol. The zero-order valence-electron chi connectivity index (χ0n) is 17.1. The van der Waals surface area contributed by atoms with Crippen LogP contribution in [0.25, 0.3) is 10.1 Å². The van der Waals surface area contributed by atoms with Crippen LogP contribution in [0.2, 0.25) is 10.0 Å². The van der Waals surface area contributed by atoms with Gasteiger partial charge in [-0.25, -0.2) is 4.79 Å². The zero-order valence-corrected chi connectivity index (χ0v) is 19.5. The third-order valence-corrected chi connectivity index (χ3v) is 6.64. The molecule has 0 saturated heterocycles. The number of rotatable bonds is 5. The summed E-state index contributed by atoms with van der Waals surface area (Å²) < 4.78 is 5.66. The van der Waals surface area contributed by atoms with Gasteiger partial charge in [0, 0.05) is 32.0 Å². The molecule has 0 atom stereocenters. The van der Waals surface area contributed by atoms with E-state index < -0.39 is 17.8 Å². The van der Waals surface area contributed by atoms with Crippen molar-refractivity contribution < 1.29 is 19.1 Å². The number of fused-ring (bicyclic) bond motifs is 1. The van der Waals surface area contributed by atoms with Crippen LogP contribution in [0.15, 0.2) is 66.7 Å². The number of hydrogen-bond donors (Lipinski definition) is 2. The number of esters is 1. The van der Waals surface area contributed by atoms with Crippen LogP contribution in [-0.2, 0) is 4.74 Å². The van der Waals surface area contributed by atoms with Crippen LogP contribution in [0.1, 0.15) is 30.4 Å². The van der Waals surface area contributed by atoms with Crippen molar-refractivity contribution in [1.29, 1.82) is 0 Å². The van der Waals surface area contributed by atoms with E-state index in [1.54, 1.807) is 24.3 Å². The Kier molecular flexibility index (Phi) is 6.65. The summed E-state index contributed by atoms with van der Waals surface area (Å²) in [5, 5.41) is 7.11. The lowest BCUT2D eigenvalue weighted by Gasteiger charge is -2.11. The topological polar surface area (TPSA) is 84.5 Å². The molecule has 4 rings (SSSR count). The fraction of sp³-hybridized carbons (Fsp3) is 0.0417. The molecule has 0 spiro atoms. The second kappa shape index (κ2) is 9.62. The maximum Gasteiger partial charge on any atom is 0.337 e. The summed E-state index contributed by atoms with van der Waals surface area (Å²) in [6.07, 6.45) is 0. The minimum atomic E-state index is -0.647. The van der Waals surface area contributed by atoms with E-state index >= 15 is 0 Å². The van der Waals surface area contributed by atoms with Crippen LogP contribution >= 0.6 is 34.5 Å². The Bertz CT molecular complexity index is 1380. The molecule has 0 aliphatic carbocycles. The number of methoxy groups -OCH3 is 1. The van der Waals surface area contributed by atoms with Crippen molar-refractivity contribution in [3.05, 3.63) is 92.8 Å². The van der Waals surface area contributed by atoms with Crippen molar-refractivity contribution in [2.75, 3.05) is 17.7 Å². The standard InChI is InChI=1S/C24H16Cl2N2O4S/c1-32-24(31)14-10-13(22(29)27-16-8-6-15(25)7-9-16)11-17(12-14)28-23(30)21-20(26)18-4-2-3-5-19(18)33-21/h2-12H,1H3,(H,27,29)(H,28,30). The first-order valence-electron chi connectivity index (χ1n) is 9.64. The van der Waals surface area contributed by atoms with Gasteiger partial charge in [0.05, 0.1) is 17.7 Å². The molecular formula is C24H16Cl2N2O4S. The van der Waals surface area contributed by atoms with E-state index in [0.717, 1.165) is 10.1 Å². The van der Waals surface area contributed by atoms with Gasteiger partial charge in [0.1, 0.15) is 4.88 Å². The van der Waals surface area contributed by atoms with Crippen LogP contribution in [0.5, 0.6) is 0 Å². The third kappa shape index (κ3) is 5.01. The summed E-state index contributed by atoms with van der Waals surface area (Å²) in [7, 11) is 1.23. The number of carbonyl (C=O) groups excluding carboxylic acids is 3. The van der Waals surface area contributed by atoms with Crippen LogP contribution in [0.4, 0.5) is 11.4 Å². The van der Waals surface area contributed by atoms with E-state index in [-0.39, 0.29) is 16.8 Å². The largest absolute Gasteiger partial charge is 0.465 e. The number of benzene rings is 3. The Labute approximate surface area is 203 Å². The van der Waals surface area contributed by atoms with E-state index in [2.05, 4.69) is 10.6 Å². The molecule has 0 aliphatic rings. The normalized spacial score (nSPS) is 10.6. The molecule has 9 heteroatoms. The second-order valence-electron chi connectivity index (χ2n) is 6.95. The van der Waals surface area contributed by atoms with Crippen LogP contribution in [0.3, 0.4) is 0 Å². The number of carbonyl (C=O) groups is 3.